The third-order valence-corrected chi connectivity index (χ3v) is 6.66. The Kier molecular flexibility index (Phi) is 5.62. The summed E-state index contributed by atoms with van der Waals surface area (Å²) in [4.78, 5) is 11.9. The van der Waals surface area contributed by atoms with Crippen LogP contribution in [0.15, 0.2) is 44.4 Å². The molecular weight excluding hydrogens is 414 g/mol. The van der Waals surface area contributed by atoms with Gasteiger partial charge in [-0.15, -0.1) is 11.3 Å². The number of halogens is 2. The molecule has 2 rings (SSSR count). The molecule has 1 aromatic carbocycles. The first-order valence-electron chi connectivity index (χ1n) is 5.96. The van der Waals surface area contributed by atoms with Gasteiger partial charge in [0, 0.05) is 12.1 Å². The van der Waals surface area contributed by atoms with E-state index in [1.165, 1.54) is 19.2 Å². The monoisotopic (exact) mass is 423 g/mol. The largest absolute Gasteiger partial charge is 0.424 e. The quantitative estimate of drug-likeness (QED) is 0.545. The Morgan fingerprint density at radius 3 is 2.73 bits per heavy atom. The van der Waals surface area contributed by atoms with Gasteiger partial charge in [0.05, 0.1) is 4.47 Å². The standard InChI is InChI=1S/C13H11BrClNO4S2/c1-16(22(18,19)13-3-2-6-21-13)8-12(17)20-11-5-4-9(15)7-10(11)14/h2-7H,8H2,1H3. The molecule has 1 heterocycles. The first-order chi connectivity index (χ1) is 10.3. The van der Waals surface area contributed by atoms with Crippen molar-refractivity contribution in [1.82, 2.24) is 4.31 Å². The highest BCUT2D eigenvalue weighted by Gasteiger charge is 2.24. The van der Waals surface area contributed by atoms with E-state index in [-0.39, 0.29) is 9.96 Å². The maximum Gasteiger partial charge on any atom is 0.326 e. The number of carbonyl (C=O) groups excluding carboxylic acids is 1. The number of ether oxygens (including phenoxy) is 1. The Hall–Kier alpha value is -0.930. The zero-order valence-corrected chi connectivity index (χ0v) is 15.3. The summed E-state index contributed by atoms with van der Waals surface area (Å²) >= 11 is 10.1. The van der Waals surface area contributed by atoms with Crippen LogP contribution in [0, 0.1) is 0 Å². The minimum Gasteiger partial charge on any atom is -0.424 e. The molecule has 9 heteroatoms. The van der Waals surface area contributed by atoms with Gasteiger partial charge in [-0.25, -0.2) is 8.42 Å². The molecule has 0 N–H and O–H groups in total. The van der Waals surface area contributed by atoms with E-state index in [1.54, 1.807) is 23.6 Å². The maximum atomic E-state index is 12.2. The first kappa shape index (κ1) is 17.4. The highest BCUT2D eigenvalue weighted by molar-refractivity contribution is 9.10. The van der Waals surface area contributed by atoms with E-state index in [4.69, 9.17) is 16.3 Å². The van der Waals surface area contributed by atoms with Gasteiger partial charge in [-0.1, -0.05) is 17.7 Å². The summed E-state index contributed by atoms with van der Waals surface area (Å²) < 4.78 is 31.2. The molecule has 1 aromatic heterocycles. The summed E-state index contributed by atoms with van der Waals surface area (Å²) in [5.74, 6) is -0.415. The highest BCUT2D eigenvalue weighted by Crippen LogP contribution is 2.28. The summed E-state index contributed by atoms with van der Waals surface area (Å²) in [6.07, 6.45) is 0. The van der Waals surface area contributed by atoms with E-state index in [2.05, 4.69) is 15.9 Å². The van der Waals surface area contributed by atoms with Crippen LogP contribution in [-0.4, -0.2) is 32.3 Å². The van der Waals surface area contributed by atoms with Gasteiger partial charge in [-0.3, -0.25) is 4.79 Å². The van der Waals surface area contributed by atoms with E-state index >= 15 is 0 Å². The SMILES string of the molecule is CN(CC(=O)Oc1ccc(Cl)cc1Br)S(=O)(=O)c1cccs1. The molecule has 0 saturated carbocycles. The van der Waals surface area contributed by atoms with Crippen LogP contribution in [0.25, 0.3) is 0 Å². The van der Waals surface area contributed by atoms with Crippen LogP contribution in [0.4, 0.5) is 0 Å². The Balaban J connectivity index is 2.06. The molecule has 2 aromatic rings. The summed E-state index contributed by atoms with van der Waals surface area (Å²) in [7, 11) is -2.36. The number of hydrogen-bond acceptors (Lipinski definition) is 5. The molecule has 0 bridgehead atoms. The van der Waals surface area contributed by atoms with Crippen LogP contribution < -0.4 is 4.74 Å². The summed E-state index contributed by atoms with van der Waals surface area (Å²) in [6, 6.07) is 7.79. The second kappa shape index (κ2) is 7.10. The van der Waals surface area contributed by atoms with Crippen molar-refractivity contribution in [3.8, 4) is 5.75 Å². The van der Waals surface area contributed by atoms with Gasteiger partial charge >= 0.3 is 5.97 Å². The molecule has 0 aliphatic rings. The Morgan fingerprint density at radius 2 is 2.14 bits per heavy atom. The number of rotatable bonds is 5. The van der Waals surface area contributed by atoms with Crippen LogP contribution in [0.3, 0.4) is 0 Å². The lowest BCUT2D eigenvalue weighted by atomic mass is 10.3. The van der Waals surface area contributed by atoms with Crippen molar-refractivity contribution in [2.75, 3.05) is 13.6 Å². The summed E-state index contributed by atoms with van der Waals surface area (Å²) in [5.41, 5.74) is 0. The lowest BCUT2D eigenvalue weighted by molar-refractivity contribution is -0.134. The lowest BCUT2D eigenvalue weighted by Crippen LogP contribution is -2.33. The molecule has 5 nitrogen and oxygen atoms in total. The minimum atomic E-state index is -3.68. The molecule has 0 fully saturated rings. The van der Waals surface area contributed by atoms with E-state index in [0.717, 1.165) is 15.6 Å². The zero-order chi connectivity index (χ0) is 16.3. The number of hydrogen-bond donors (Lipinski definition) is 0. The van der Waals surface area contributed by atoms with Crippen LogP contribution in [0.2, 0.25) is 5.02 Å². The van der Waals surface area contributed by atoms with Gasteiger partial charge in [0.2, 0.25) is 0 Å². The average molecular weight is 425 g/mol. The molecule has 0 spiro atoms. The van der Waals surface area contributed by atoms with E-state index < -0.39 is 22.5 Å². The van der Waals surface area contributed by atoms with Crippen molar-refractivity contribution < 1.29 is 17.9 Å². The van der Waals surface area contributed by atoms with Crippen molar-refractivity contribution >= 4 is 54.9 Å². The Morgan fingerprint density at radius 1 is 1.41 bits per heavy atom. The molecule has 0 radical (unpaired) electrons. The van der Waals surface area contributed by atoms with Gasteiger partial charge in [-0.05, 0) is 45.6 Å². The number of likely N-dealkylation sites (N-methyl/N-ethyl adjacent to an activating group) is 1. The predicted molar refractivity (Wildman–Crippen MR) is 88.9 cm³/mol. The van der Waals surface area contributed by atoms with E-state index in [1.807, 2.05) is 0 Å². The van der Waals surface area contributed by atoms with Crippen molar-refractivity contribution in [2.45, 2.75) is 4.21 Å². The molecule has 0 saturated heterocycles. The number of nitrogens with zero attached hydrogens (tertiary/aromatic N) is 1. The molecule has 0 atom stereocenters. The fraction of sp³-hybridized carbons (Fsp3) is 0.154. The van der Waals surface area contributed by atoms with Crippen LogP contribution in [-0.2, 0) is 14.8 Å². The second-order valence-electron chi connectivity index (χ2n) is 4.24. The Bertz CT molecular complexity index is 777. The van der Waals surface area contributed by atoms with Crippen LogP contribution in [0.5, 0.6) is 5.75 Å². The smallest absolute Gasteiger partial charge is 0.326 e. The average Bonchev–Trinajstić information content (AvgIpc) is 2.96. The van der Waals surface area contributed by atoms with Gasteiger partial charge in [0.1, 0.15) is 16.5 Å². The molecular formula is C13H11BrClNO4S2. The maximum absolute atomic E-state index is 12.2. The van der Waals surface area contributed by atoms with Gasteiger partial charge < -0.3 is 4.74 Å². The van der Waals surface area contributed by atoms with Crippen molar-refractivity contribution in [3.63, 3.8) is 0 Å². The van der Waals surface area contributed by atoms with Gasteiger partial charge in [0.25, 0.3) is 10.0 Å². The number of esters is 1. The van der Waals surface area contributed by atoms with Crippen molar-refractivity contribution in [1.29, 1.82) is 0 Å². The fourth-order valence-corrected chi connectivity index (χ4v) is 4.62. The summed E-state index contributed by atoms with van der Waals surface area (Å²) in [5, 5.41) is 2.15. The molecule has 0 aliphatic carbocycles. The number of thiophene rings is 1. The minimum absolute atomic E-state index is 0.176. The third kappa shape index (κ3) is 4.08. The van der Waals surface area contributed by atoms with Gasteiger partial charge in [0.15, 0.2) is 0 Å². The normalized spacial score (nSPS) is 11.6. The fourth-order valence-electron chi connectivity index (χ4n) is 1.54. The van der Waals surface area contributed by atoms with E-state index in [9.17, 15) is 13.2 Å². The van der Waals surface area contributed by atoms with Gasteiger partial charge in [-0.2, -0.15) is 4.31 Å². The summed E-state index contributed by atoms with van der Waals surface area (Å²) in [6.45, 7) is -0.394. The molecule has 118 valence electrons. The molecule has 0 unspecified atom stereocenters. The third-order valence-electron chi connectivity index (χ3n) is 2.63. The highest BCUT2D eigenvalue weighted by atomic mass is 79.9. The van der Waals surface area contributed by atoms with E-state index in [0.29, 0.717) is 9.50 Å². The lowest BCUT2D eigenvalue weighted by Gasteiger charge is -2.15. The number of benzene rings is 1. The first-order valence-corrected chi connectivity index (χ1v) is 9.45. The number of sulfonamides is 1. The molecule has 22 heavy (non-hydrogen) atoms. The van der Waals surface area contributed by atoms with Crippen molar-refractivity contribution in [2.24, 2.45) is 0 Å². The molecule has 0 amide bonds. The Labute approximate surface area is 145 Å². The molecule has 0 aliphatic heterocycles. The topological polar surface area (TPSA) is 63.7 Å². The van der Waals surface area contributed by atoms with Crippen molar-refractivity contribution in [3.05, 3.63) is 45.2 Å². The van der Waals surface area contributed by atoms with Crippen LogP contribution in [0.1, 0.15) is 0 Å². The second-order valence-corrected chi connectivity index (χ2v) is 8.75. The number of carbonyl (C=O) groups is 1. The predicted octanol–water partition coefficient (Wildman–Crippen LogP) is 3.39. The van der Waals surface area contributed by atoms with Crippen LogP contribution >= 0.6 is 38.9 Å². The zero-order valence-electron chi connectivity index (χ0n) is 11.3.